The summed E-state index contributed by atoms with van der Waals surface area (Å²) < 4.78 is 0. The molecule has 0 amide bonds. The predicted octanol–water partition coefficient (Wildman–Crippen LogP) is 4.70. The number of carbonyl (C=O) groups is 1. The molecule has 2 heterocycles. The third-order valence-corrected chi connectivity index (χ3v) is 4.96. The molecule has 0 saturated heterocycles. The molecule has 0 aliphatic rings. The summed E-state index contributed by atoms with van der Waals surface area (Å²) in [6.45, 7) is 4.20. The number of carboxylic acids is 1. The fourth-order valence-corrected chi connectivity index (χ4v) is 3.49. The van der Waals surface area contributed by atoms with E-state index in [2.05, 4.69) is 19.2 Å². The average Bonchev–Trinajstić information content (AvgIpc) is 3.17. The van der Waals surface area contributed by atoms with Crippen LogP contribution in [0.2, 0.25) is 0 Å². The molecular formula is C20H21N3O2S. The highest BCUT2D eigenvalue weighted by Gasteiger charge is 2.14. The number of rotatable bonds is 7. The molecule has 0 aliphatic carbocycles. The SMILES string of the molecule is CCc1nc(-c2cccs2)nc(Nc2ccc(CC(=O)O)cc2)c1CC. The van der Waals surface area contributed by atoms with Gasteiger partial charge in [-0.05, 0) is 42.0 Å². The molecule has 2 aromatic heterocycles. The Morgan fingerprint density at radius 1 is 1.12 bits per heavy atom. The van der Waals surface area contributed by atoms with E-state index in [0.29, 0.717) is 0 Å². The zero-order chi connectivity index (χ0) is 18.5. The minimum absolute atomic E-state index is 0.0243. The van der Waals surface area contributed by atoms with Crippen LogP contribution in [0, 0.1) is 0 Å². The summed E-state index contributed by atoms with van der Waals surface area (Å²) in [7, 11) is 0. The molecule has 0 saturated carbocycles. The van der Waals surface area contributed by atoms with E-state index in [4.69, 9.17) is 15.1 Å². The third-order valence-electron chi connectivity index (χ3n) is 4.09. The Hall–Kier alpha value is -2.73. The van der Waals surface area contributed by atoms with Crippen molar-refractivity contribution in [3.8, 4) is 10.7 Å². The topological polar surface area (TPSA) is 75.1 Å². The van der Waals surface area contributed by atoms with Crippen molar-refractivity contribution in [3.63, 3.8) is 0 Å². The Balaban J connectivity index is 1.95. The fourth-order valence-electron chi connectivity index (χ4n) is 2.83. The monoisotopic (exact) mass is 367 g/mol. The van der Waals surface area contributed by atoms with E-state index in [1.807, 2.05) is 41.8 Å². The number of anilines is 2. The summed E-state index contributed by atoms with van der Waals surface area (Å²) in [4.78, 5) is 21.4. The van der Waals surface area contributed by atoms with E-state index >= 15 is 0 Å². The van der Waals surface area contributed by atoms with Gasteiger partial charge in [0, 0.05) is 16.9 Å². The van der Waals surface area contributed by atoms with Gasteiger partial charge in [0.1, 0.15) is 5.82 Å². The third kappa shape index (κ3) is 4.08. The Morgan fingerprint density at radius 3 is 2.46 bits per heavy atom. The lowest BCUT2D eigenvalue weighted by atomic mass is 10.1. The van der Waals surface area contributed by atoms with Gasteiger partial charge in [0.25, 0.3) is 0 Å². The van der Waals surface area contributed by atoms with Crippen molar-refractivity contribution in [2.24, 2.45) is 0 Å². The van der Waals surface area contributed by atoms with E-state index in [9.17, 15) is 4.79 Å². The molecule has 1 aromatic carbocycles. The van der Waals surface area contributed by atoms with Gasteiger partial charge in [-0.2, -0.15) is 0 Å². The van der Waals surface area contributed by atoms with Gasteiger partial charge in [-0.25, -0.2) is 9.97 Å². The van der Waals surface area contributed by atoms with Crippen molar-refractivity contribution in [3.05, 3.63) is 58.6 Å². The standard InChI is InChI=1S/C20H21N3O2S/c1-3-15-16(4-2)22-20(17-6-5-11-26-17)23-19(15)21-14-9-7-13(8-10-14)12-18(24)25/h5-11H,3-4,12H2,1-2H3,(H,24,25)(H,21,22,23). The van der Waals surface area contributed by atoms with Crippen molar-refractivity contribution in [1.82, 2.24) is 9.97 Å². The molecule has 0 unspecified atom stereocenters. The molecular weight excluding hydrogens is 346 g/mol. The van der Waals surface area contributed by atoms with E-state index in [-0.39, 0.29) is 6.42 Å². The molecule has 0 aliphatic heterocycles. The number of benzene rings is 1. The zero-order valence-corrected chi connectivity index (χ0v) is 15.6. The van der Waals surface area contributed by atoms with Crippen LogP contribution < -0.4 is 5.32 Å². The van der Waals surface area contributed by atoms with Crippen molar-refractivity contribution in [2.75, 3.05) is 5.32 Å². The van der Waals surface area contributed by atoms with Crippen LogP contribution in [0.25, 0.3) is 10.7 Å². The van der Waals surface area contributed by atoms with E-state index in [1.165, 1.54) is 0 Å². The first-order chi connectivity index (χ1) is 12.6. The molecule has 0 spiro atoms. The van der Waals surface area contributed by atoms with Crippen LogP contribution in [0.15, 0.2) is 41.8 Å². The van der Waals surface area contributed by atoms with Crippen LogP contribution in [0.4, 0.5) is 11.5 Å². The molecule has 26 heavy (non-hydrogen) atoms. The second-order valence-electron chi connectivity index (χ2n) is 5.90. The van der Waals surface area contributed by atoms with Crippen LogP contribution in [0.1, 0.15) is 30.7 Å². The maximum absolute atomic E-state index is 10.8. The summed E-state index contributed by atoms with van der Waals surface area (Å²) in [5.41, 5.74) is 3.82. The van der Waals surface area contributed by atoms with Crippen molar-refractivity contribution >= 4 is 28.8 Å². The summed E-state index contributed by atoms with van der Waals surface area (Å²) in [6, 6.07) is 11.4. The van der Waals surface area contributed by atoms with Crippen LogP contribution in [-0.4, -0.2) is 21.0 Å². The molecule has 134 valence electrons. The Kier molecular flexibility index (Phi) is 5.63. The second kappa shape index (κ2) is 8.10. The van der Waals surface area contributed by atoms with Crippen molar-refractivity contribution in [2.45, 2.75) is 33.1 Å². The van der Waals surface area contributed by atoms with Crippen molar-refractivity contribution < 1.29 is 9.90 Å². The van der Waals surface area contributed by atoms with Gasteiger partial charge in [0.15, 0.2) is 5.82 Å². The number of thiophene rings is 1. The average molecular weight is 367 g/mol. The minimum Gasteiger partial charge on any atom is -0.481 e. The second-order valence-corrected chi connectivity index (χ2v) is 6.85. The van der Waals surface area contributed by atoms with Crippen LogP contribution in [-0.2, 0) is 24.1 Å². The summed E-state index contributed by atoms with van der Waals surface area (Å²) >= 11 is 1.62. The molecule has 6 heteroatoms. The number of nitrogens with zero attached hydrogens (tertiary/aromatic N) is 2. The highest BCUT2D eigenvalue weighted by Crippen LogP contribution is 2.28. The molecule has 5 nitrogen and oxygen atoms in total. The van der Waals surface area contributed by atoms with Gasteiger partial charge in [0.05, 0.1) is 11.3 Å². The van der Waals surface area contributed by atoms with Gasteiger partial charge < -0.3 is 10.4 Å². The Labute approximate surface area is 156 Å². The molecule has 2 N–H and O–H groups in total. The molecule has 0 radical (unpaired) electrons. The molecule has 3 aromatic rings. The van der Waals surface area contributed by atoms with Gasteiger partial charge in [-0.1, -0.05) is 32.0 Å². The first-order valence-corrected chi connectivity index (χ1v) is 9.50. The van der Waals surface area contributed by atoms with E-state index in [0.717, 1.165) is 51.9 Å². The number of hydrogen-bond donors (Lipinski definition) is 2. The lowest BCUT2D eigenvalue weighted by molar-refractivity contribution is -0.136. The smallest absolute Gasteiger partial charge is 0.307 e. The lowest BCUT2D eigenvalue weighted by Crippen LogP contribution is -2.07. The predicted molar refractivity (Wildman–Crippen MR) is 105 cm³/mol. The van der Waals surface area contributed by atoms with Gasteiger partial charge >= 0.3 is 5.97 Å². The summed E-state index contributed by atoms with van der Waals surface area (Å²) in [5, 5.41) is 14.3. The first-order valence-electron chi connectivity index (χ1n) is 8.62. The normalized spacial score (nSPS) is 10.7. The number of nitrogens with one attached hydrogen (secondary N) is 1. The number of aryl methyl sites for hydroxylation is 1. The van der Waals surface area contributed by atoms with Crippen LogP contribution in [0.5, 0.6) is 0 Å². The van der Waals surface area contributed by atoms with Crippen LogP contribution >= 0.6 is 11.3 Å². The Bertz CT molecular complexity index is 890. The Morgan fingerprint density at radius 2 is 1.88 bits per heavy atom. The lowest BCUT2D eigenvalue weighted by Gasteiger charge is -2.15. The minimum atomic E-state index is -0.831. The van der Waals surface area contributed by atoms with Gasteiger partial charge in [0.2, 0.25) is 0 Å². The van der Waals surface area contributed by atoms with E-state index in [1.54, 1.807) is 11.3 Å². The fraction of sp³-hybridized carbons (Fsp3) is 0.250. The molecule has 0 atom stereocenters. The number of aromatic nitrogens is 2. The maximum atomic E-state index is 10.8. The van der Waals surface area contributed by atoms with Gasteiger partial charge in [-0.15, -0.1) is 11.3 Å². The summed E-state index contributed by atoms with van der Waals surface area (Å²) in [6.07, 6.45) is 1.71. The number of aliphatic carboxylic acids is 1. The number of carboxylic acid groups (broad SMARTS) is 1. The van der Waals surface area contributed by atoms with E-state index < -0.39 is 5.97 Å². The largest absolute Gasteiger partial charge is 0.481 e. The molecule has 0 fully saturated rings. The number of hydrogen-bond acceptors (Lipinski definition) is 5. The van der Waals surface area contributed by atoms with Crippen molar-refractivity contribution in [1.29, 1.82) is 0 Å². The zero-order valence-electron chi connectivity index (χ0n) is 14.8. The molecule has 3 rings (SSSR count). The maximum Gasteiger partial charge on any atom is 0.307 e. The van der Waals surface area contributed by atoms with Gasteiger partial charge in [-0.3, -0.25) is 4.79 Å². The molecule has 0 bridgehead atoms. The van der Waals surface area contributed by atoms with Crippen LogP contribution in [0.3, 0.4) is 0 Å². The first kappa shape index (κ1) is 18.1. The quantitative estimate of drug-likeness (QED) is 0.633. The summed E-state index contributed by atoms with van der Waals surface area (Å²) in [5.74, 6) is 0.718. The highest BCUT2D eigenvalue weighted by atomic mass is 32.1. The highest BCUT2D eigenvalue weighted by molar-refractivity contribution is 7.13.